The average molecular weight is 299 g/mol. The molecular formula is C15H16F3NO2. The second kappa shape index (κ2) is 6.67. The zero-order valence-electron chi connectivity index (χ0n) is 11.3. The summed E-state index contributed by atoms with van der Waals surface area (Å²) in [7, 11) is 0. The molecule has 0 amide bonds. The van der Waals surface area contributed by atoms with Crippen molar-refractivity contribution in [3.8, 4) is 5.75 Å². The van der Waals surface area contributed by atoms with Crippen LogP contribution in [0.2, 0.25) is 0 Å². The normalized spacial score (nSPS) is 11.6. The molecule has 0 radical (unpaired) electrons. The van der Waals surface area contributed by atoms with Crippen LogP contribution in [0.5, 0.6) is 5.75 Å². The highest BCUT2D eigenvalue weighted by Crippen LogP contribution is 2.31. The van der Waals surface area contributed by atoms with Gasteiger partial charge in [-0.2, -0.15) is 13.2 Å². The van der Waals surface area contributed by atoms with Crippen LogP contribution in [0.1, 0.15) is 23.5 Å². The molecule has 3 nitrogen and oxygen atoms in total. The van der Waals surface area contributed by atoms with Crippen LogP contribution in [0.4, 0.5) is 13.2 Å². The van der Waals surface area contributed by atoms with Crippen molar-refractivity contribution in [1.29, 1.82) is 0 Å². The molecule has 0 aliphatic heterocycles. The number of nitrogens with two attached hydrogens (primary N) is 1. The predicted octanol–water partition coefficient (Wildman–Crippen LogP) is 3.77. The van der Waals surface area contributed by atoms with Gasteiger partial charge in [0.2, 0.25) is 0 Å². The Bertz CT molecular complexity index is 578. The summed E-state index contributed by atoms with van der Waals surface area (Å²) in [4.78, 5) is 0. The topological polar surface area (TPSA) is 48.4 Å². The first-order chi connectivity index (χ1) is 9.99. The van der Waals surface area contributed by atoms with E-state index in [4.69, 9.17) is 14.9 Å². The summed E-state index contributed by atoms with van der Waals surface area (Å²) in [5.74, 6) is 1.52. The van der Waals surface area contributed by atoms with Gasteiger partial charge in [-0.25, -0.2) is 0 Å². The molecule has 6 heteroatoms. The summed E-state index contributed by atoms with van der Waals surface area (Å²) in [5, 5.41) is 0. The second-order valence-electron chi connectivity index (χ2n) is 4.57. The van der Waals surface area contributed by atoms with Crippen LogP contribution in [0.15, 0.2) is 40.8 Å². The van der Waals surface area contributed by atoms with Gasteiger partial charge in [0.05, 0.1) is 5.56 Å². The van der Waals surface area contributed by atoms with Crippen molar-refractivity contribution in [1.82, 2.24) is 0 Å². The number of aryl methyl sites for hydroxylation is 1. The molecule has 0 fully saturated rings. The van der Waals surface area contributed by atoms with E-state index in [0.29, 0.717) is 12.3 Å². The molecule has 0 spiro atoms. The second-order valence-corrected chi connectivity index (χ2v) is 4.57. The first kappa shape index (κ1) is 15.4. The number of furan rings is 1. The van der Waals surface area contributed by atoms with Gasteiger partial charge in [-0.1, -0.05) is 6.07 Å². The minimum absolute atomic E-state index is 0.0872. The Hall–Kier alpha value is -1.95. The summed E-state index contributed by atoms with van der Waals surface area (Å²) >= 11 is 0. The fourth-order valence-electron chi connectivity index (χ4n) is 1.83. The zero-order chi connectivity index (χ0) is 15.3. The maximum absolute atomic E-state index is 12.6. The van der Waals surface area contributed by atoms with Gasteiger partial charge in [0.25, 0.3) is 0 Å². The van der Waals surface area contributed by atoms with Gasteiger partial charge in [-0.3, -0.25) is 0 Å². The molecule has 2 rings (SSSR count). The molecule has 0 aliphatic rings. The van der Waals surface area contributed by atoms with E-state index in [9.17, 15) is 13.2 Å². The largest absolute Gasteiger partial charge is 0.486 e. The molecular weight excluding hydrogens is 283 g/mol. The van der Waals surface area contributed by atoms with Gasteiger partial charge in [-0.05, 0) is 43.3 Å². The van der Waals surface area contributed by atoms with Crippen LogP contribution in [0.25, 0.3) is 0 Å². The summed E-state index contributed by atoms with van der Waals surface area (Å²) in [6.45, 7) is 0.667. The zero-order valence-corrected chi connectivity index (χ0v) is 11.3. The summed E-state index contributed by atoms with van der Waals surface area (Å²) in [6, 6.07) is 8.34. The maximum Gasteiger partial charge on any atom is 0.416 e. The number of halogens is 3. The fraction of sp³-hybridized carbons (Fsp3) is 0.333. The van der Waals surface area contributed by atoms with E-state index >= 15 is 0 Å². The van der Waals surface area contributed by atoms with Gasteiger partial charge >= 0.3 is 6.18 Å². The maximum atomic E-state index is 12.6. The highest BCUT2D eigenvalue weighted by molar-refractivity contribution is 5.30. The molecule has 0 atom stereocenters. The summed E-state index contributed by atoms with van der Waals surface area (Å²) in [5.41, 5.74) is 4.68. The molecule has 0 aliphatic carbocycles. The van der Waals surface area contributed by atoms with E-state index in [-0.39, 0.29) is 12.4 Å². The van der Waals surface area contributed by atoms with Crippen LogP contribution < -0.4 is 10.5 Å². The minimum Gasteiger partial charge on any atom is -0.486 e. The van der Waals surface area contributed by atoms with E-state index in [1.807, 2.05) is 6.07 Å². The third-order valence-electron chi connectivity index (χ3n) is 2.89. The Labute approximate surface area is 120 Å². The van der Waals surface area contributed by atoms with Crippen molar-refractivity contribution >= 4 is 0 Å². The summed E-state index contributed by atoms with van der Waals surface area (Å²) < 4.78 is 48.5. The van der Waals surface area contributed by atoms with Crippen LogP contribution >= 0.6 is 0 Å². The Morgan fingerprint density at radius 3 is 2.57 bits per heavy atom. The highest BCUT2D eigenvalue weighted by Gasteiger charge is 2.30. The van der Waals surface area contributed by atoms with Crippen molar-refractivity contribution in [3.63, 3.8) is 0 Å². The lowest BCUT2D eigenvalue weighted by Gasteiger charge is -2.09. The van der Waals surface area contributed by atoms with Crippen LogP contribution in [-0.2, 0) is 19.2 Å². The fourth-order valence-corrected chi connectivity index (χ4v) is 1.83. The molecule has 0 saturated carbocycles. The highest BCUT2D eigenvalue weighted by atomic mass is 19.4. The minimum atomic E-state index is -4.38. The third-order valence-corrected chi connectivity index (χ3v) is 2.89. The smallest absolute Gasteiger partial charge is 0.416 e. The molecule has 114 valence electrons. The van der Waals surface area contributed by atoms with Gasteiger partial charge < -0.3 is 14.9 Å². The Morgan fingerprint density at radius 1 is 1.10 bits per heavy atom. The van der Waals surface area contributed by atoms with Crippen molar-refractivity contribution in [2.24, 2.45) is 5.73 Å². The molecule has 1 aromatic heterocycles. The number of rotatable bonds is 6. The van der Waals surface area contributed by atoms with Gasteiger partial charge in [0, 0.05) is 6.42 Å². The van der Waals surface area contributed by atoms with E-state index in [2.05, 4.69) is 0 Å². The standard InChI is InChI=1S/C15H16F3NO2/c16-15(17,18)11-3-1-4-13(9-11)20-10-14-7-6-12(21-14)5-2-8-19/h1,3-4,6-7,9H,2,5,8,10,19H2. The molecule has 0 saturated heterocycles. The van der Waals surface area contributed by atoms with Crippen molar-refractivity contribution in [2.45, 2.75) is 25.6 Å². The molecule has 0 unspecified atom stereocenters. The Kier molecular flexibility index (Phi) is 4.90. The number of ether oxygens (including phenoxy) is 1. The van der Waals surface area contributed by atoms with Crippen molar-refractivity contribution < 1.29 is 22.3 Å². The number of hydrogen-bond donors (Lipinski definition) is 1. The average Bonchev–Trinajstić information content (AvgIpc) is 2.90. The number of benzene rings is 1. The number of hydrogen-bond acceptors (Lipinski definition) is 3. The molecule has 0 bridgehead atoms. The van der Waals surface area contributed by atoms with Crippen LogP contribution in [-0.4, -0.2) is 6.54 Å². The van der Waals surface area contributed by atoms with E-state index in [0.717, 1.165) is 30.7 Å². The Morgan fingerprint density at radius 2 is 1.86 bits per heavy atom. The van der Waals surface area contributed by atoms with Gasteiger partial charge in [-0.15, -0.1) is 0 Å². The van der Waals surface area contributed by atoms with E-state index in [1.165, 1.54) is 12.1 Å². The lowest BCUT2D eigenvalue weighted by atomic mass is 10.2. The van der Waals surface area contributed by atoms with Crippen molar-refractivity contribution in [2.75, 3.05) is 6.54 Å². The quantitative estimate of drug-likeness (QED) is 0.883. The molecule has 1 heterocycles. The molecule has 21 heavy (non-hydrogen) atoms. The van der Waals surface area contributed by atoms with Crippen LogP contribution in [0, 0.1) is 0 Å². The van der Waals surface area contributed by atoms with Gasteiger partial charge in [0.15, 0.2) is 0 Å². The SMILES string of the molecule is NCCCc1ccc(COc2cccc(C(F)(F)F)c2)o1. The lowest BCUT2D eigenvalue weighted by Crippen LogP contribution is -2.05. The third kappa shape index (κ3) is 4.53. The first-order valence-corrected chi connectivity index (χ1v) is 6.57. The first-order valence-electron chi connectivity index (χ1n) is 6.57. The predicted molar refractivity (Wildman–Crippen MR) is 71.9 cm³/mol. The van der Waals surface area contributed by atoms with Gasteiger partial charge in [0.1, 0.15) is 23.9 Å². The number of alkyl halides is 3. The summed E-state index contributed by atoms with van der Waals surface area (Å²) in [6.07, 6.45) is -2.82. The molecule has 2 N–H and O–H groups in total. The van der Waals surface area contributed by atoms with Crippen molar-refractivity contribution in [3.05, 3.63) is 53.5 Å². The Balaban J connectivity index is 1.95. The monoisotopic (exact) mass is 299 g/mol. The van der Waals surface area contributed by atoms with Crippen LogP contribution in [0.3, 0.4) is 0 Å². The molecule has 2 aromatic rings. The lowest BCUT2D eigenvalue weighted by molar-refractivity contribution is -0.137. The van der Waals surface area contributed by atoms with E-state index in [1.54, 1.807) is 6.07 Å². The van der Waals surface area contributed by atoms with E-state index < -0.39 is 11.7 Å². The molecule has 1 aromatic carbocycles.